The number of anilines is 1. The third kappa shape index (κ3) is 2.74. The van der Waals surface area contributed by atoms with Gasteiger partial charge in [-0.25, -0.2) is 0 Å². The molecule has 96 valence electrons. The van der Waals surface area contributed by atoms with Gasteiger partial charge in [-0.15, -0.1) is 0 Å². The number of amides is 1. The lowest BCUT2D eigenvalue weighted by atomic mass is 10.2. The molecule has 1 rings (SSSR count). The third-order valence-corrected chi connectivity index (χ3v) is 1.91. The number of carbonyl (C=O) groups excluding carboxylic acids is 1. The molecule has 1 aromatic rings. The minimum Gasteiger partial charge on any atom is -0.321 e. The SMILES string of the molecule is N#Cc1ccc(NC(=O)C(F)(F)C(F)(F)F)cc1. The average Bonchev–Trinajstić information content (AvgIpc) is 2.28. The summed E-state index contributed by atoms with van der Waals surface area (Å²) in [4.78, 5) is 10.8. The van der Waals surface area contributed by atoms with E-state index < -0.39 is 18.0 Å². The fourth-order valence-electron chi connectivity index (χ4n) is 0.966. The van der Waals surface area contributed by atoms with Crippen LogP contribution in [0.15, 0.2) is 24.3 Å². The van der Waals surface area contributed by atoms with Crippen LogP contribution in [0.25, 0.3) is 0 Å². The zero-order valence-electron chi connectivity index (χ0n) is 8.55. The van der Waals surface area contributed by atoms with E-state index >= 15 is 0 Å². The quantitative estimate of drug-likeness (QED) is 0.835. The standard InChI is InChI=1S/C10H5F5N2O/c11-9(12,10(13,14)15)8(18)17-7-3-1-6(5-16)2-4-7/h1-4H,(H,17,18). The van der Waals surface area contributed by atoms with Gasteiger partial charge in [-0.3, -0.25) is 4.79 Å². The van der Waals surface area contributed by atoms with Crippen LogP contribution in [0.1, 0.15) is 5.56 Å². The van der Waals surface area contributed by atoms with Crippen molar-refractivity contribution in [2.24, 2.45) is 0 Å². The molecule has 0 aliphatic heterocycles. The van der Waals surface area contributed by atoms with Gasteiger partial charge in [0.25, 0.3) is 0 Å². The van der Waals surface area contributed by atoms with Crippen molar-refractivity contribution in [1.82, 2.24) is 0 Å². The molecule has 0 unspecified atom stereocenters. The highest BCUT2D eigenvalue weighted by atomic mass is 19.4. The molecule has 8 heteroatoms. The van der Waals surface area contributed by atoms with Crippen molar-refractivity contribution in [3.05, 3.63) is 29.8 Å². The van der Waals surface area contributed by atoms with E-state index in [4.69, 9.17) is 5.26 Å². The largest absolute Gasteiger partial charge is 0.463 e. The molecule has 1 N–H and O–H groups in total. The molecule has 0 heterocycles. The zero-order valence-corrected chi connectivity index (χ0v) is 8.55. The Morgan fingerprint density at radius 2 is 1.61 bits per heavy atom. The van der Waals surface area contributed by atoms with Gasteiger partial charge in [-0.1, -0.05) is 0 Å². The van der Waals surface area contributed by atoms with Crippen molar-refractivity contribution in [2.45, 2.75) is 12.1 Å². The molecule has 0 saturated heterocycles. The third-order valence-electron chi connectivity index (χ3n) is 1.91. The fraction of sp³-hybridized carbons (Fsp3) is 0.200. The minimum absolute atomic E-state index is 0.176. The fourth-order valence-corrected chi connectivity index (χ4v) is 0.966. The number of carbonyl (C=O) groups is 1. The van der Waals surface area contributed by atoms with E-state index in [2.05, 4.69) is 0 Å². The highest BCUT2D eigenvalue weighted by Crippen LogP contribution is 2.36. The van der Waals surface area contributed by atoms with Gasteiger partial charge in [0.15, 0.2) is 0 Å². The molecule has 0 aromatic heterocycles. The smallest absolute Gasteiger partial charge is 0.321 e. The highest BCUT2D eigenvalue weighted by molar-refractivity contribution is 5.96. The second-order valence-electron chi connectivity index (χ2n) is 3.22. The van der Waals surface area contributed by atoms with Crippen LogP contribution in [-0.4, -0.2) is 18.0 Å². The average molecular weight is 264 g/mol. The van der Waals surface area contributed by atoms with Crippen LogP contribution in [0.3, 0.4) is 0 Å². The second kappa shape index (κ2) is 4.60. The summed E-state index contributed by atoms with van der Waals surface area (Å²) in [5, 5.41) is 9.86. The Morgan fingerprint density at radius 3 is 2.00 bits per heavy atom. The first kappa shape index (κ1) is 13.9. The Balaban J connectivity index is 2.85. The van der Waals surface area contributed by atoms with Gasteiger partial charge in [0.2, 0.25) is 0 Å². The number of nitrogens with one attached hydrogen (secondary N) is 1. The predicted octanol–water partition coefficient (Wildman–Crippen LogP) is 2.69. The Hall–Kier alpha value is -2.17. The maximum Gasteiger partial charge on any atom is 0.463 e. The molecule has 0 atom stereocenters. The van der Waals surface area contributed by atoms with Gasteiger partial charge in [-0.05, 0) is 24.3 Å². The van der Waals surface area contributed by atoms with Crippen molar-refractivity contribution in [3.63, 3.8) is 0 Å². The first-order valence-electron chi connectivity index (χ1n) is 4.44. The summed E-state index contributed by atoms with van der Waals surface area (Å²) in [7, 11) is 0. The lowest BCUT2D eigenvalue weighted by molar-refractivity contribution is -0.267. The van der Waals surface area contributed by atoms with Crippen molar-refractivity contribution >= 4 is 11.6 Å². The van der Waals surface area contributed by atoms with Crippen LogP contribution < -0.4 is 5.32 Å². The molecule has 3 nitrogen and oxygen atoms in total. The summed E-state index contributed by atoms with van der Waals surface area (Å²) in [6, 6.07) is 6.15. The van der Waals surface area contributed by atoms with Gasteiger partial charge < -0.3 is 5.32 Å². The molecule has 1 aromatic carbocycles. The van der Waals surface area contributed by atoms with Crippen LogP contribution in [0.5, 0.6) is 0 Å². The molecule has 0 fully saturated rings. The Labute approximate surface area is 97.8 Å². The minimum atomic E-state index is -5.95. The van der Waals surface area contributed by atoms with Crippen LogP contribution in [0.4, 0.5) is 27.6 Å². The van der Waals surface area contributed by atoms with Crippen LogP contribution in [0, 0.1) is 11.3 Å². The van der Waals surface area contributed by atoms with E-state index in [0.29, 0.717) is 0 Å². The number of alkyl halides is 5. The summed E-state index contributed by atoms with van der Waals surface area (Å²) >= 11 is 0. The molecule has 0 aliphatic carbocycles. The number of benzene rings is 1. The molecule has 0 bridgehead atoms. The number of nitriles is 1. The van der Waals surface area contributed by atoms with Crippen molar-refractivity contribution < 1.29 is 26.7 Å². The van der Waals surface area contributed by atoms with E-state index in [1.165, 1.54) is 17.4 Å². The van der Waals surface area contributed by atoms with E-state index in [-0.39, 0.29) is 11.3 Å². The van der Waals surface area contributed by atoms with Gasteiger partial charge in [-0.2, -0.15) is 27.2 Å². The predicted molar refractivity (Wildman–Crippen MR) is 50.8 cm³/mol. The summed E-state index contributed by atoms with van der Waals surface area (Å²) < 4.78 is 60.7. The molecule has 0 aliphatic rings. The maximum absolute atomic E-state index is 12.6. The van der Waals surface area contributed by atoms with E-state index in [1.54, 1.807) is 6.07 Å². The Morgan fingerprint density at radius 1 is 1.11 bits per heavy atom. The van der Waals surface area contributed by atoms with Crippen molar-refractivity contribution in [2.75, 3.05) is 5.32 Å². The monoisotopic (exact) mass is 264 g/mol. The van der Waals surface area contributed by atoms with E-state index in [9.17, 15) is 26.7 Å². The second-order valence-corrected chi connectivity index (χ2v) is 3.22. The first-order chi connectivity index (χ1) is 8.18. The van der Waals surface area contributed by atoms with Crippen LogP contribution >= 0.6 is 0 Å². The lowest BCUT2D eigenvalue weighted by Crippen LogP contribution is -2.47. The van der Waals surface area contributed by atoms with Gasteiger partial charge in [0, 0.05) is 5.69 Å². The first-order valence-corrected chi connectivity index (χ1v) is 4.44. The molecular formula is C10H5F5N2O. The van der Waals surface area contributed by atoms with Gasteiger partial charge in [0.1, 0.15) is 0 Å². The van der Waals surface area contributed by atoms with E-state index in [0.717, 1.165) is 12.1 Å². The number of hydrogen-bond donors (Lipinski definition) is 1. The Bertz CT molecular complexity index is 486. The van der Waals surface area contributed by atoms with Crippen LogP contribution in [-0.2, 0) is 4.79 Å². The van der Waals surface area contributed by atoms with E-state index in [1.807, 2.05) is 0 Å². The number of halogens is 5. The summed E-state index contributed by atoms with van der Waals surface area (Å²) in [5.41, 5.74) is -0.0847. The molecule has 0 radical (unpaired) electrons. The molecule has 18 heavy (non-hydrogen) atoms. The van der Waals surface area contributed by atoms with Crippen LogP contribution in [0.2, 0.25) is 0 Å². The van der Waals surface area contributed by atoms with Gasteiger partial charge in [0.05, 0.1) is 11.6 Å². The number of rotatable bonds is 2. The number of nitrogens with zero attached hydrogens (tertiary/aromatic N) is 1. The lowest BCUT2D eigenvalue weighted by Gasteiger charge is -2.18. The highest BCUT2D eigenvalue weighted by Gasteiger charge is 2.63. The molecular weight excluding hydrogens is 259 g/mol. The Kier molecular flexibility index (Phi) is 3.55. The molecule has 0 spiro atoms. The van der Waals surface area contributed by atoms with Gasteiger partial charge >= 0.3 is 18.0 Å². The summed E-state index contributed by atoms with van der Waals surface area (Å²) in [6.07, 6.45) is -5.95. The van der Waals surface area contributed by atoms with Crippen molar-refractivity contribution in [3.8, 4) is 6.07 Å². The summed E-state index contributed by atoms with van der Waals surface area (Å²) in [6.45, 7) is 0. The normalized spacial score (nSPS) is 11.8. The topological polar surface area (TPSA) is 52.9 Å². The van der Waals surface area contributed by atoms with Crippen molar-refractivity contribution in [1.29, 1.82) is 5.26 Å². The summed E-state index contributed by atoms with van der Waals surface area (Å²) in [5.74, 6) is -7.94. The zero-order chi connectivity index (χ0) is 14.0. The number of hydrogen-bond acceptors (Lipinski definition) is 2. The molecule has 0 saturated carbocycles. The maximum atomic E-state index is 12.6. The molecule has 1 amide bonds.